The summed E-state index contributed by atoms with van der Waals surface area (Å²) < 4.78 is 6.03. The molecule has 0 aliphatic rings. The van der Waals surface area contributed by atoms with Crippen molar-refractivity contribution in [1.29, 1.82) is 0 Å². The van der Waals surface area contributed by atoms with E-state index in [0.29, 0.717) is 0 Å². The molecule has 0 aliphatic carbocycles. The van der Waals surface area contributed by atoms with Crippen LogP contribution in [-0.2, 0) is 4.74 Å². The maximum atomic E-state index is 6.03. The predicted molar refractivity (Wildman–Crippen MR) is 197 cm³/mol. The van der Waals surface area contributed by atoms with Gasteiger partial charge in [-0.1, -0.05) is 206 Å². The van der Waals surface area contributed by atoms with Gasteiger partial charge in [-0.15, -0.1) is 0 Å². The van der Waals surface area contributed by atoms with Crippen LogP contribution in [0.5, 0.6) is 0 Å². The van der Waals surface area contributed by atoms with Gasteiger partial charge in [-0.2, -0.15) is 0 Å². The molecule has 0 aromatic carbocycles. The van der Waals surface area contributed by atoms with Gasteiger partial charge in [-0.05, 0) is 51.7 Å². The molecular formula is C42H82O. The van der Waals surface area contributed by atoms with Crippen molar-refractivity contribution >= 4 is 0 Å². The second kappa shape index (κ2) is 37.5. The van der Waals surface area contributed by atoms with E-state index in [9.17, 15) is 0 Å². The third-order valence-corrected chi connectivity index (χ3v) is 9.30. The number of hydrogen-bond donors (Lipinski definition) is 0. The predicted octanol–water partition coefficient (Wildman–Crippen LogP) is 16.1. The van der Waals surface area contributed by atoms with E-state index in [1.807, 2.05) is 0 Å². The first-order valence-corrected chi connectivity index (χ1v) is 20.2. The second-order valence-electron chi connectivity index (χ2n) is 13.9. The quantitative estimate of drug-likeness (QED) is 0.0512. The molecule has 0 heterocycles. The van der Waals surface area contributed by atoms with Crippen LogP contribution in [0.1, 0.15) is 246 Å². The molecule has 0 saturated carbocycles. The molecule has 0 saturated heterocycles. The summed E-state index contributed by atoms with van der Waals surface area (Å²) in [6.07, 6.45) is 52.8. The van der Waals surface area contributed by atoms with Gasteiger partial charge in [0, 0.05) is 0 Å². The minimum absolute atomic E-state index is 1.08. The highest BCUT2D eigenvalue weighted by Gasteiger charge is 1.98. The zero-order valence-corrected chi connectivity index (χ0v) is 30.6. The molecule has 0 radical (unpaired) electrons. The average Bonchev–Trinajstić information content (AvgIpc) is 3.00. The van der Waals surface area contributed by atoms with Crippen molar-refractivity contribution in [3.63, 3.8) is 0 Å². The van der Waals surface area contributed by atoms with E-state index in [-0.39, 0.29) is 0 Å². The molecule has 43 heavy (non-hydrogen) atoms. The van der Waals surface area contributed by atoms with Crippen LogP contribution in [0, 0.1) is 0 Å². The van der Waals surface area contributed by atoms with Gasteiger partial charge in [0.2, 0.25) is 0 Å². The SMILES string of the molecule is CCCCCCCCCCCCCCCCCCC=C(C)OC(C)=CCCCCCCCCCCCCCCCCCC. The Morgan fingerprint density at radius 2 is 0.488 bits per heavy atom. The molecule has 256 valence electrons. The molecule has 0 bridgehead atoms. The fourth-order valence-electron chi connectivity index (χ4n) is 6.33. The lowest BCUT2D eigenvalue weighted by Gasteiger charge is -2.07. The topological polar surface area (TPSA) is 9.23 Å². The summed E-state index contributed by atoms with van der Waals surface area (Å²) in [4.78, 5) is 0. The van der Waals surface area contributed by atoms with Crippen LogP contribution in [0.15, 0.2) is 23.7 Å². The Bertz CT molecular complexity index is 523. The Labute approximate surface area is 273 Å². The van der Waals surface area contributed by atoms with Crippen molar-refractivity contribution in [3.8, 4) is 0 Å². The Morgan fingerprint density at radius 1 is 0.302 bits per heavy atom. The van der Waals surface area contributed by atoms with Crippen LogP contribution < -0.4 is 0 Å². The molecule has 0 aliphatic heterocycles. The molecule has 0 spiro atoms. The van der Waals surface area contributed by atoms with Gasteiger partial charge in [0.25, 0.3) is 0 Å². The fourth-order valence-corrected chi connectivity index (χ4v) is 6.33. The first-order chi connectivity index (χ1) is 21.2. The van der Waals surface area contributed by atoms with E-state index in [4.69, 9.17) is 4.74 Å². The van der Waals surface area contributed by atoms with E-state index in [1.165, 1.54) is 205 Å². The van der Waals surface area contributed by atoms with Gasteiger partial charge in [0.15, 0.2) is 0 Å². The average molecular weight is 603 g/mol. The van der Waals surface area contributed by atoms with E-state index in [1.54, 1.807) is 0 Å². The van der Waals surface area contributed by atoms with Gasteiger partial charge < -0.3 is 4.74 Å². The van der Waals surface area contributed by atoms with Crippen LogP contribution in [0.25, 0.3) is 0 Å². The van der Waals surface area contributed by atoms with Gasteiger partial charge in [0.05, 0.1) is 11.5 Å². The third-order valence-electron chi connectivity index (χ3n) is 9.30. The number of rotatable bonds is 36. The number of unbranched alkanes of at least 4 members (excludes halogenated alkanes) is 32. The Kier molecular flexibility index (Phi) is 36.8. The Hall–Kier alpha value is -0.720. The van der Waals surface area contributed by atoms with E-state index in [0.717, 1.165) is 24.4 Å². The maximum Gasteiger partial charge on any atom is 0.0965 e. The van der Waals surface area contributed by atoms with Gasteiger partial charge in [-0.25, -0.2) is 0 Å². The van der Waals surface area contributed by atoms with E-state index in [2.05, 4.69) is 39.8 Å². The molecule has 0 atom stereocenters. The Balaban J connectivity index is 3.39. The van der Waals surface area contributed by atoms with Gasteiger partial charge in [0.1, 0.15) is 0 Å². The highest BCUT2D eigenvalue weighted by Crippen LogP contribution is 2.17. The van der Waals surface area contributed by atoms with Gasteiger partial charge >= 0.3 is 0 Å². The van der Waals surface area contributed by atoms with Crippen LogP contribution in [0.3, 0.4) is 0 Å². The lowest BCUT2D eigenvalue weighted by molar-refractivity contribution is 0.305. The summed E-state index contributed by atoms with van der Waals surface area (Å²) in [6.45, 7) is 8.85. The number of ether oxygens (including phenoxy) is 1. The van der Waals surface area contributed by atoms with Crippen LogP contribution in [0.4, 0.5) is 0 Å². The first kappa shape index (κ1) is 42.3. The molecule has 0 unspecified atom stereocenters. The van der Waals surface area contributed by atoms with E-state index < -0.39 is 0 Å². The Morgan fingerprint density at radius 3 is 0.698 bits per heavy atom. The number of hydrogen-bond acceptors (Lipinski definition) is 1. The van der Waals surface area contributed by atoms with Gasteiger partial charge in [-0.3, -0.25) is 0 Å². The highest BCUT2D eigenvalue weighted by molar-refractivity contribution is 4.97. The zero-order chi connectivity index (χ0) is 31.3. The summed E-state index contributed by atoms with van der Waals surface area (Å²) >= 11 is 0. The zero-order valence-electron chi connectivity index (χ0n) is 30.6. The minimum atomic E-state index is 1.08. The monoisotopic (exact) mass is 603 g/mol. The summed E-state index contributed by atoms with van der Waals surface area (Å²) in [5.41, 5.74) is 0. The van der Waals surface area contributed by atoms with Crippen molar-refractivity contribution in [1.82, 2.24) is 0 Å². The highest BCUT2D eigenvalue weighted by atomic mass is 16.5. The maximum absolute atomic E-state index is 6.03. The molecule has 0 amide bonds. The second-order valence-corrected chi connectivity index (χ2v) is 13.9. The summed E-state index contributed by atoms with van der Waals surface area (Å²) in [5.74, 6) is 2.17. The molecule has 1 heteroatoms. The molecule has 0 aromatic rings. The number of allylic oxidation sites excluding steroid dienone is 4. The van der Waals surface area contributed by atoms with Crippen molar-refractivity contribution in [2.24, 2.45) is 0 Å². The molecule has 0 aromatic heterocycles. The van der Waals surface area contributed by atoms with Crippen LogP contribution in [-0.4, -0.2) is 0 Å². The molecule has 0 fully saturated rings. The standard InChI is InChI=1S/C42H82O/c1-5-7-9-11-13-15-17-19-21-23-25-27-29-31-33-35-37-39-41(3)43-42(4)40-38-36-34-32-30-28-26-24-22-20-18-16-14-12-10-8-6-2/h39-40H,5-38H2,1-4H3. The molecule has 0 rings (SSSR count). The van der Waals surface area contributed by atoms with Crippen molar-refractivity contribution < 1.29 is 4.74 Å². The van der Waals surface area contributed by atoms with E-state index >= 15 is 0 Å². The largest absolute Gasteiger partial charge is 0.467 e. The van der Waals surface area contributed by atoms with Crippen LogP contribution >= 0.6 is 0 Å². The van der Waals surface area contributed by atoms with Crippen LogP contribution in [0.2, 0.25) is 0 Å². The fraction of sp³-hybridized carbons (Fsp3) is 0.905. The minimum Gasteiger partial charge on any atom is -0.467 e. The van der Waals surface area contributed by atoms with Crippen molar-refractivity contribution in [2.75, 3.05) is 0 Å². The smallest absolute Gasteiger partial charge is 0.0965 e. The van der Waals surface area contributed by atoms with Crippen molar-refractivity contribution in [3.05, 3.63) is 23.7 Å². The summed E-state index contributed by atoms with van der Waals surface area (Å²) in [5, 5.41) is 0. The first-order valence-electron chi connectivity index (χ1n) is 20.2. The lowest BCUT2D eigenvalue weighted by Crippen LogP contribution is -1.87. The summed E-state index contributed by atoms with van der Waals surface area (Å²) in [7, 11) is 0. The third kappa shape index (κ3) is 37.4. The molecular weight excluding hydrogens is 520 g/mol. The normalized spacial score (nSPS) is 12.4. The van der Waals surface area contributed by atoms with Crippen molar-refractivity contribution in [2.45, 2.75) is 246 Å². The molecule has 0 N–H and O–H groups in total. The summed E-state index contributed by atoms with van der Waals surface area (Å²) in [6, 6.07) is 0. The molecule has 1 nitrogen and oxygen atoms in total. The lowest BCUT2D eigenvalue weighted by atomic mass is 10.0.